The van der Waals surface area contributed by atoms with Crippen molar-refractivity contribution < 1.29 is 4.79 Å². The fourth-order valence-corrected chi connectivity index (χ4v) is 2.69. The summed E-state index contributed by atoms with van der Waals surface area (Å²) in [6.07, 6.45) is 1.93. The van der Waals surface area contributed by atoms with Gasteiger partial charge in [0.25, 0.3) is 5.91 Å². The molecule has 1 saturated heterocycles. The Hall–Kier alpha value is -0.770. The van der Waals surface area contributed by atoms with E-state index in [0.29, 0.717) is 15.6 Å². The molecule has 1 N–H and O–H groups in total. The average Bonchev–Trinajstić information content (AvgIpc) is 2.32. The van der Waals surface area contributed by atoms with E-state index in [0.717, 1.165) is 25.9 Å². The van der Waals surface area contributed by atoms with Gasteiger partial charge in [-0.25, -0.2) is 0 Å². The van der Waals surface area contributed by atoms with Crippen LogP contribution in [0.15, 0.2) is 18.2 Å². The lowest BCUT2D eigenvalue weighted by Gasteiger charge is -2.29. The van der Waals surface area contributed by atoms with E-state index in [2.05, 4.69) is 17.3 Å². The second-order valence-corrected chi connectivity index (χ2v) is 5.46. The van der Waals surface area contributed by atoms with Gasteiger partial charge in [0.2, 0.25) is 0 Å². The first-order chi connectivity index (χ1) is 8.58. The molecule has 0 radical (unpaired) electrons. The second kappa shape index (κ2) is 5.91. The first kappa shape index (κ1) is 13.7. The molecule has 18 heavy (non-hydrogen) atoms. The Kier molecular flexibility index (Phi) is 4.49. The lowest BCUT2D eigenvalue weighted by Crippen LogP contribution is -2.43. The summed E-state index contributed by atoms with van der Waals surface area (Å²) >= 11 is 12.0. The number of hydrogen-bond donors (Lipinski definition) is 1. The van der Waals surface area contributed by atoms with Crippen LogP contribution < -0.4 is 5.32 Å². The molecular weight excluding hydrogens is 271 g/mol. The summed E-state index contributed by atoms with van der Waals surface area (Å²) in [6, 6.07) is 5.30. The molecule has 1 aliphatic rings. The zero-order valence-corrected chi connectivity index (χ0v) is 11.8. The van der Waals surface area contributed by atoms with Crippen molar-refractivity contribution in [1.82, 2.24) is 10.2 Å². The molecule has 0 atom stereocenters. The highest BCUT2D eigenvalue weighted by molar-refractivity contribution is 6.39. The highest BCUT2D eigenvalue weighted by Crippen LogP contribution is 2.24. The van der Waals surface area contributed by atoms with Crippen LogP contribution in [0.5, 0.6) is 0 Å². The Labute approximate surface area is 117 Å². The van der Waals surface area contributed by atoms with Crippen molar-refractivity contribution in [3.63, 3.8) is 0 Å². The molecular formula is C13H16Cl2N2O. The van der Waals surface area contributed by atoms with Gasteiger partial charge in [-0.1, -0.05) is 29.3 Å². The van der Waals surface area contributed by atoms with E-state index in [-0.39, 0.29) is 11.9 Å². The molecule has 98 valence electrons. The summed E-state index contributed by atoms with van der Waals surface area (Å²) in [4.78, 5) is 14.4. The summed E-state index contributed by atoms with van der Waals surface area (Å²) < 4.78 is 0. The van der Waals surface area contributed by atoms with Crippen LogP contribution in [0.3, 0.4) is 0 Å². The Morgan fingerprint density at radius 1 is 1.28 bits per heavy atom. The van der Waals surface area contributed by atoms with Crippen LogP contribution in [0.2, 0.25) is 10.0 Å². The average molecular weight is 287 g/mol. The molecule has 1 fully saturated rings. The third-order valence-electron chi connectivity index (χ3n) is 3.24. The van der Waals surface area contributed by atoms with Gasteiger partial charge in [-0.3, -0.25) is 4.79 Å². The molecule has 0 saturated carbocycles. The second-order valence-electron chi connectivity index (χ2n) is 4.65. The quantitative estimate of drug-likeness (QED) is 0.907. The zero-order chi connectivity index (χ0) is 13.1. The van der Waals surface area contributed by atoms with Crippen LogP contribution >= 0.6 is 23.2 Å². The van der Waals surface area contributed by atoms with E-state index in [9.17, 15) is 4.79 Å². The van der Waals surface area contributed by atoms with E-state index < -0.39 is 0 Å². The SMILES string of the molecule is CN1CCC(NC(=O)c2c(Cl)cccc2Cl)CC1. The fraction of sp³-hybridized carbons (Fsp3) is 0.462. The minimum atomic E-state index is -0.180. The molecule has 0 unspecified atom stereocenters. The van der Waals surface area contributed by atoms with Crippen molar-refractivity contribution in [2.24, 2.45) is 0 Å². The highest BCUT2D eigenvalue weighted by atomic mass is 35.5. The molecule has 5 heteroatoms. The lowest BCUT2D eigenvalue weighted by atomic mass is 10.0. The number of piperidine rings is 1. The molecule has 0 spiro atoms. The maximum atomic E-state index is 12.1. The monoisotopic (exact) mass is 286 g/mol. The largest absolute Gasteiger partial charge is 0.349 e. The molecule has 1 amide bonds. The van der Waals surface area contributed by atoms with Gasteiger partial charge < -0.3 is 10.2 Å². The van der Waals surface area contributed by atoms with Crippen LogP contribution in [0.4, 0.5) is 0 Å². The number of likely N-dealkylation sites (tertiary alicyclic amines) is 1. The minimum absolute atomic E-state index is 0.180. The smallest absolute Gasteiger partial charge is 0.254 e. The maximum Gasteiger partial charge on any atom is 0.254 e. The van der Waals surface area contributed by atoms with Gasteiger partial charge in [0, 0.05) is 6.04 Å². The van der Waals surface area contributed by atoms with E-state index in [1.807, 2.05) is 0 Å². The molecule has 3 nitrogen and oxygen atoms in total. The van der Waals surface area contributed by atoms with Crippen molar-refractivity contribution in [2.75, 3.05) is 20.1 Å². The standard InChI is InChI=1S/C13H16Cl2N2O/c1-17-7-5-9(6-8-17)16-13(18)12-10(14)3-2-4-11(12)15/h2-4,9H,5-8H2,1H3,(H,16,18). The summed E-state index contributed by atoms with van der Waals surface area (Å²) in [5, 5.41) is 3.80. The zero-order valence-electron chi connectivity index (χ0n) is 10.2. The summed E-state index contributed by atoms with van der Waals surface area (Å²) in [5.41, 5.74) is 0.375. The number of rotatable bonds is 2. The summed E-state index contributed by atoms with van der Waals surface area (Å²) in [5.74, 6) is -0.180. The van der Waals surface area contributed by atoms with E-state index in [1.165, 1.54) is 0 Å². The number of hydrogen-bond acceptors (Lipinski definition) is 2. The van der Waals surface area contributed by atoms with E-state index in [4.69, 9.17) is 23.2 Å². The van der Waals surface area contributed by atoms with Crippen LogP contribution in [0.1, 0.15) is 23.2 Å². The summed E-state index contributed by atoms with van der Waals surface area (Å²) in [7, 11) is 2.09. The third kappa shape index (κ3) is 3.16. The summed E-state index contributed by atoms with van der Waals surface area (Å²) in [6.45, 7) is 2.00. The molecule has 1 aliphatic heterocycles. The maximum absolute atomic E-state index is 12.1. The molecule has 1 aromatic carbocycles. The normalized spacial score (nSPS) is 17.7. The Balaban J connectivity index is 2.04. The molecule has 0 aromatic heterocycles. The van der Waals surface area contributed by atoms with Crippen molar-refractivity contribution in [1.29, 1.82) is 0 Å². The van der Waals surface area contributed by atoms with Crippen molar-refractivity contribution in [2.45, 2.75) is 18.9 Å². The van der Waals surface area contributed by atoms with Crippen LogP contribution in [-0.4, -0.2) is 37.0 Å². The minimum Gasteiger partial charge on any atom is -0.349 e. The topological polar surface area (TPSA) is 32.3 Å². The van der Waals surface area contributed by atoms with Gasteiger partial charge in [0.15, 0.2) is 0 Å². The van der Waals surface area contributed by atoms with Crippen molar-refractivity contribution in [3.05, 3.63) is 33.8 Å². The molecule has 2 rings (SSSR count). The number of nitrogens with one attached hydrogen (secondary N) is 1. The number of carbonyl (C=O) groups excluding carboxylic acids is 1. The van der Waals surface area contributed by atoms with Crippen LogP contribution in [-0.2, 0) is 0 Å². The van der Waals surface area contributed by atoms with E-state index >= 15 is 0 Å². The molecule has 0 bridgehead atoms. The molecule has 0 aliphatic carbocycles. The van der Waals surface area contributed by atoms with E-state index in [1.54, 1.807) is 18.2 Å². The predicted octanol–water partition coefficient (Wildman–Crippen LogP) is 2.82. The van der Waals surface area contributed by atoms with Crippen LogP contribution in [0.25, 0.3) is 0 Å². The van der Waals surface area contributed by atoms with Gasteiger partial charge in [0.1, 0.15) is 0 Å². The fourth-order valence-electron chi connectivity index (χ4n) is 2.13. The number of nitrogens with zero attached hydrogens (tertiary/aromatic N) is 1. The Bertz CT molecular complexity index is 422. The lowest BCUT2D eigenvalue weighted by molar-refractivity contribution is 0.0917. The van der Waals surface area contributed by atoms with Crippen molar-refractivity contribution in [3.8, 4) is 0 Å². The Morgan fingerprint density at radius 2 is 1.83 bits per heavy atom. The number of amides is 1. The number of benzene rings is 1. The van der Waals surface area contributed by atoms with Gasteiger partial charge in [-0.2, -0.15) is 0 Å². The van der Waals surface area contributed by atoms with Crippen molar-refractivity contribution >= 4 is 29.1 Å². The number of halogens is 2. The predicted molar refractivity (Wildman–Crippen MR) is 74.4 cm³/mol. The first-order valence-corrected chi connectivity index (χ1v) is 6.77. The first-order valence-electron chi connectivity index (χ1n) is 6.01. The molecule has 1 heterocycles. The third-order valence-corrected chi connectivity index (χ3v) is 3.87. The Morgan fingerprint density at radius 3 is 2.39 bits per heavy atom. The van der Waals surface area contributed by atoms with Gasteiger partial charge in [-0.15, -0.1) is 0 Å². The highest BCUT2D eigenvalue weighted by Gasteiger charge is 2.21. The van der Waals surface area contributed by atoms with Gasteiger partial charge in [0.05, 0.1) is 15.6 Å². The van der Waals surface area contributed by atoms with Gasteiger partial charge in [-0.05, 0) is 45.1 Å². The number of carbonyl (C=O) groups is 1. The molecule has 1 aromatic rings. The van der Waals surface area contributed by atoms with Crippen LogP contribution in [0, 0.1) is 0 Å². The van der Waals surface area contributed by atoms with Gasteiger partial charge >= 0.3 is 0 Å².